The van der Waals surface area contributed by atoms with Crippen LogP contribution in [0.4, 0.5) is 5.82 Å². The summed E-state index contributed by atoms with van der Waals surface area (Å²) in [7, 11) is 0. The van der Waals surface area contributed by atoms with Crippen molar-refractivity contribution in [2.24, 2.45) is 0 Å². The minimum atomic E-state index is 0.510. The lowest BCUT2D eigenvalue weighted by Gasteiger charge is -2.14. The molecule has 2 N–H and O–H groups in total. The van der Waals surface area contributed by atoms with Crippen LogP contribution < -0.4 is 10.5 Å². The van der Waals surface area contributed by atoms with E-state index in [-0.39, 0.29) is 0 Å². The van der Waals surface area contributed by atoms with Gasteiger partial charge in [0.05, 0.1) is 12.1 Å². The summed E-state index contributed by atoms with van der Waals surface area (Å²) in [5, 5.41) is 0.872. The molecule has 0 radical (unpaired) electrons. The van der Waals surface area contributed by atoms with E-state index in [9.17, 15) is 0 Å². The Balaban J connectivity index is 1.54. The highest BCUT2D eigenvalue weighted by Crippen LogP contribution is 2.22. The molecule has 2 aromatic rings. The van der Waals surface area contributed by atoms with E-state index in [0.29, 0.717) is 5.82 Å². The van der Waals surface area contributed by atoms with Gasteiger partial charge in [-0.05, 0) is 44.5 Å². The number of nitrogens with two attached hydrogens (primary N) is 1. The Morgan fingerprint density at radius 1 is 1.20 bits per heavy atom. The Hall–Kier alpha value is -1.88. The molecule has 5 heteroatoms. The van der Waals surface area contributed by atoms with E-state index in [4.69, 9.17) is 10.5 Å². The van der Waals surface area contributed by atoms with Crippen LogP contribution in [0.5, 0.6) is 5.75 Å². The summed E-state index contributed by atoms with van der Waals surface area (Å²) in [5.74, 6) is 1.35. The summed E-state index contributed by atoms with van der Waals surface area (Å²) in [6, 6.07) is 5.77. The van der Waals surface area contributed by atoms with E-state index < -0.39 is 0 Å². The molecule has 1 aromatic heterocycles. The Kier molecular flexibility index (Phi) is 3.97. The second-order valence-corrected chi connectivity index (χ2v) is 5.19. The molecule has 0 spiro atoms. The highest BCUT2D eigenvalue weighted by Gasteiger charge is 2.10. The monoisotopic (exact) mass is 272 g/mol. The molecular formula is C15H20N4O. The zero-order valence-electron chi connectivity index (χ0n) is 11.6. The molecule has 0 saturated carbocycles. The lowest BCUT2D eigenvalue weighted by atomic mass is 10.2. The van der Waals surface area contributed by atoms with Crippen LogP contribution in [-0.4, -0.2) is 41.1 Å². The Labute approximate surface area is 118 Å². The number of nitrogen functional groups attached to an aromatic ring is 1. The predicted octanol–water partition coefficient (Wildman–Crippen LogP) is 2.08. The van der Waals surface area contributed by atoms with Crippen LogP contribution in [0, 0.1) is 0 Å². The van der Waals surface area contributed by atoms with E-state index in [1.54, 1.807) is 0 Å². The van der Waals surface area contributed by atoms with Crippen LogP contribution in [0.3, 0.4) is 0 Å². The molecule has 0 atom stereocenters. The summed E-state index contributed by atoms with van der Waals surface area (Å²) in [6.07, 6.45) is 5.22. The van der Waals surface area contributed by atoms with Crippen LogP contribution >= 0.6 is 0 Å². The molecule has 0 bridgehead atoms. The van der Waals surface area contributed by atoms with E-state index in [2.05, 4.69) is 14.9 Å². The molecule has 1 aromatic carbocycles. The molecule has 0 unspecified atom stereocenters. The van der Waals surface area contributed by atoms with Crippen LogP contribution in [0.2, 0.25) is 0 Å². The van der Waals surface area contributed by atoms with Crippen molar-refractivity contribution < 1.29 is 4.74 Å². The SMILES string of the molecule is Nc1ncnc2cc(OCCCN3CCCC3)ccc12. The average Bonchev–Trinajstić information content (AvgIpc) is 2.97. The fourth-order valence-electron chi connectivity index (χ4n) is 2.63. The van der Waals surface area contributed by atoms with Gasteiger partial charge in [-0.2, -0.15) is 0 Å². The molecule has 3 rings (SSSR count). The summed E-state index contributed by atoms with van der Waals surface area (Å²) >= 11 is 0. The molecule has 0 aliphatic carbocycles. The zero-order chi connectivity index (χ0) is 13.8. The van der Waals surface area contributed by atoms with Gasteiger partial charge >= 0.3 is 0 Å². The smallest absolute Gasteiger partial charge is 0.134 e. The van der Waals surface area contributed by atoms with Crippen molar-refractivity contribution in [1.29, 1.82) is 0 Å². The Morgan fingerprint density at radius 3 is 2.90 bits per heavy atom. The average molecular weight is 272 g/mol. The number of benzene rings is 1. The van der Waals surface area contributed by atoms with Crippen molar-refractivity contribution in [2.75, 3.05) is 32.0 Å². The molecular weight excluding hydrogens is 252 g/mol. The fourth-order valence-corrected chi connectivity index (χ4v) is 2.63. The highest BCUT2D eigenvalue weighted by atomic mass is 16.5. The number of hydrogen-bond acceptors (Lipinski definition) is 5. The topological polar surface area (TPSA) is 64.3 Å². The maximum Gasteiger partial charge on any atom is 0.134 e. The zero-order valence-corrected chi connectivity index (χ0v) is 11.6. The number of fused-ring (bicyclic) bond motifs is 1. The van der Waals surface area contributed by atoms with E-state index in [0.717, 1.165) is 36.2 Å². The van der Waals surface area contributed by atoms with Gasteiger partial charge in [0.15, 0.2) is 0 Å². The van der Waals surface area contributed by atoms with E-state index in [1.807, 2.05) is 18.2 Å². The predicted molar refractivity (Wildman–Crippen MR) is 79.7 cm³/mol. The number of likely N-dealkylation sites (tertiary alicyclic amines) is 1. The summed E-state index contributed by atoms with van der Waals surface area (Å²) in [5.41, 5.74) is 6.63. The molecule has 1 aliphatic rings. The lowest BCUT2D eigenvalue weighted by molar-refractivity contribution is 0.263. The van der Waals surface area contributed by atoms with Gasteiger partial charge in [0, 0.05) is 18.0 Å². The van der Waals surface area contributed by atoms with Crippen molar-refractivity contribution in [3.63, 3.8) is 0 Å². The summed E-state index contributed by atoms with van der Waals surface area (Å²) in [4.78, 5) is 10.7. The van der Waals surface area contributed by atoms with Crippen molar-refractivity contribution >= 4 is 16.7 Å². The summed E-state index contributed by atoms with van der Waals surface area (Å²) < 4.78 is 5.79. The number of aromatic nitrogens is 2. The molecule has 2 heterocycles. The highest BCUT2D eigenvalue weighted by molar-refractivity contribution is 5.88. The number of anilines is 1. The molecule has 1 saturated heterocycles. The van der Waals surface area contributed by atoms with Gasteiger partial charge in [-0.25, -0.2) is 9.97 Å². The number of nitrogens with zero attached hydrogens (tertiary/aromatic N) is 3. The first-order valence-corrected chi connectivity index (χ1v) is 7.18. The maximum absolute atomic E-state index is 5.80. The minimum Gasteiger partial charge on any atom is -0.493 e. The van der Waals surface area contributed by atoms with Gasteiger partial charge in [0.2, 0.25) is 0 Å². The van der Waals surface area contributed by atoms with Gasteiger partial charge in [0.1, 0.15) is 17.9 Å². The van der Waals surface area contributed by atoms with E-state index in [1.165, 1.54) is 32.3 Å². The van der Waals surface area contributed by atoms with Gasteiger partial charge < -0.3 is 15.4 Å². The van der Waals surface area contributed by atoms with Crippen molar-refractivity contribution in [1.82, 2.24) is 14.9 Å². The normalized spacial score (nSPS) is 15.8. The third-order valence-electron chi connectivity index (χ3n) is 3.72. The molecule has 0 amide bonds. The van der Waals surface area contributed by atoms with Gasteiger partial charge in [-0.1, -0.05) is 0 Å². The third-order valence-corrected chi connectivity index (χ3v) is 3.72. The van der Waals surface area contributed by atoms with Gasteiger partial charge in [0.25, 0.3) is 0 Å². The number of rotatable bonds is 5. The molecule has 1 aliphatic heterocycles. The van der Waals surface area contributed by atoms with Crippen LogP contribution in [0.15, 0.2) is 24.5 Å². The van der Waals surface area contributed by atoms with Gasteiger partial charge in [-0.3, -0.25) is 0 Å². The second kappa shape index (κ2) is 6.05. The largest absolute Gasteiger partial charge is 0.493 e. The first-order valence-electron chi connectivity index (χ1n) is 7.18. The quantitative estimate of drug-likeness (QED) is 0.844. The van der Waals surface area contributed by atoms with Crippen molar-refractivity contribution in [3.05, 3.63) is 24.5 Å². The van der Waals surface area contributed by atoms with Crippen LogP contribution in [-0.2, 0) is 0 Å². The first-order chi connectivity index (χ1) is 9.83. The van der Waals surface area contributed by atoms with E-state index >= 15 is 0 Å². The first kappa shape index (κ1) is 13.1. The van der Waals surface area contributed by atoms with Gasteiger partial charge in [-0.15, -0.1) is 0 Å². The second-order valence-electron chi connectivity index (χ2n) is 5.19. The molecule has 106 valence electrons. The minimum absolute atomic E-state index is 0.510. The fraction of sp³-hybridized carbons (Fsp3) is 0.467. The molecule has 1 fully saturated rings. The maximum atomic E-state index is 5.80. The number of ether oxygens (including phenoxy) is 1. The summed E-state index contributed by atoms with van der Waals surface area (Å²) in [6.45, 7) is 4.35. The van der Waals surface area contributed by atoms with Crippen LogP contribution in [0.25, 0.3) is 10.9 Å². The third kappa shape index (κ3) is 2.99. The molecule has 20 heavy (non-hydrogen) atoms. The van der Waals surface area contributed by atoms with Crippen molar-refractivity contribution in [3.8, 4) is 5.75 Å². The Morgan fingerprint density at radius 2 is 2.05 bits per heavy atom. The van der Waals surface area contributed by atoms with Crippen LogP contribution in [0.1, 0.15) is 19.3 Å². The molecule has 5 nitrogen and oxygen atoms in total. The number of hydrogen-bond donors (Lipinski definition) is 1. The standard InChI is InChI=1S/C15H20N4O/c16-15-13-5-4-12(10-14(13)17-11-18-15)20-9-3-8-19-6-1-2-7-19/h4-5,10-11H,1-3,6-9H2,(H2,16,17,18). The lowest BCUT2D eigenvalue weighted by Crippen LogP contribution is -2.21. The Bertz CT molecular complexity index is 581. The van der Waals surface area contributed by atoms with Crippen molar-refractivity contribution in [2.45, 2.75) is 19.3 Å².